The minimum absolute atomic E-state index is 0.0153. The van der Waals surface area contributed by atoms with Crippen LogP contribution in [0, 0.1) is 23.0 Å². The van der Waals surface area contributed by atoms with Gasteiger partial charge in [-0.2, -0.15) is 0 Å². The number of carbonyl (C=O) groups is 1. The minimum atomic E-state index is -0.435. The van der Waals surface area contributed by atoms with Gasteiger partial charge in [-0.3, -0.25) is 14.9 Å². The fraction of sp³-hybridized carbons (Fsp3) is 0.533. The van der Waals surface area contributed by atoms with Gasteiger partial charge in [0.2, 0.25) is 5.91 Å². The maximum absolute atomic E-state index is 12.1. The highest BCUT2D eigenvalue weighted by molar-refractivity contribution is 5.79. The molecule has 6 heteroatoms. The van der Waals surface area contributed by atoms with Crippen molar-refractivity contribution in [2.45, 2.75) is 38.6 Å². The lowest BCUT2D eigenvalue weighted by atomic mass is 10.0. The second kappa shape index (κ2) is 6.67. The van der Waals surface area contributed by atoms with Crippen LogP contribution in [-0.2, 0) is 11.2 Å². The van der Waals surface area contributed by atoms with Crippen LogP contribution in [0.1, 0.15) is 30.4 Å². The second-order valence-electron chi connectivity index (χ2n) is 5.52. The summed E-state index contributed by atoms with van der Waals surface area (Å²) in [6.45, 7) is 1.71. The molecule has 0 heterocycles. The van der Waals surface area contributed by atoms with Crippen LogP contribution in [-0.4, -0.2) is 28.6 Å². The lowest BCUT2D eigenvalue weighted by Gasteiger charge is -2.17. The smallest absolute Gasteiger partial charge is 0.272 e. The van der Waals surface area contributed by atoms with Gasteiger partial charge in [-0.1, -0.05) is 12.1 Å². The van der Waals surface area contributed by atoms with E-state index in [1.165, 1.54) is 6.07 Å². The highest BCUT2D eigenvalue weighted by Crippen LogP contribution is 2.34. The first kappa shape index (κ1) is 15.4. The summed E-state index contributed by atoms with van der Waals surface area (Å²) in [5.74, 6) is 0.316. The molecule has 2 rings (SSSR count). The molecular formula is C15H20N2O4. The molecule has 1 aliphatic rings. The molecule has 21 heavy (non-hydrogen) atoms. The van der Waals surface area contributed by atoms with Gasteiger partial charge in [0.1, 0.15) is 0 Å². The molecule has 0 bridgehead atoms. The summed E-state index contributed by atoms with van der Waals surface area (Å²) in [5, 5.41) is 22.9. The number of hydrogen-bond acceptors (Lipinski definition) is 4. The maximum Gasteiger partial charge on any atom is 0.272 e. The Morgan fingerprint density at radius 1 is 1.52 bits per heavy atom. The van der Waals surface area contributed by atoms with Crippen LogP contribution in [0.3, 0.4) is 0 Å². The summed E-state index contributed by atoms with van der Waals surface area (Å²) in [4.78, 5) is 22.6. The Morgan fingerprint density at radius 3 is 2.81 bits per heavy atom. The molecule has 1 saturated carbocycles. The quantitative estimate of drug-likeness (QED) is 0.591. The van der Waals surface area contributed by atoms with Crippen LogP contribution in [0.15, 0.2) is 18.2 Å². The molecule has 6 nitrogen and oxygen atoms in total. The minimum Gasteiger partial charge on any atom is -0.396 e. The van der Waals surface area contributed by atoms with Crippen molar-refractivity contribution in [2.24, 2.45) is 5.92 Å². The third kappa shape index (κ3) is 4.01. The highest BCUT2D eigenvalue weighted by Gasteiger charge is 2.31. The third-order valence-corrected chi connectivity index (χ3v) is 3.94. The third-order valence-electron chi connectivity index (χ3n) is 3.94. The van der Waals surface area contributed by atoms with Crippen LogP contribution >= 0.6 is 0 Å². The Morgan fingerprint density at radius 2 is 2.24 bits per heavy atom. The van der Waals surface area contributed by atoms with E-state index in [1.807, 2.05) is 0 Å². The molecule has 1 aromatic carbocycles. The molecule has 0 saturated heterocycles. The fourth-order valence-corrected chi connectivity index (χ4v) is 2.55. The van der Waals surface area contributed by atoms with E-state index in [1.54, 1.807) is 19.1 Å². The first-order valence-electron chi connectivity index (χ1n) is 7.16. The van der Waals surface area contributed by atoms with Gasteiger partial charge in [-0.25, -0.2) is 0 Å². The van der Waals surface area contributed by atoms with E-state index in [4.69, 9.17) is 5.11 Å². The number of aliphatic hydroxyl groups is 1. The Balaban J connectivity index is 2.02. The van der Waals surface area contributed by atoms with Gasteiger partial charge >= 0.3 is 0 Å². The number of benzene rings is 1. The zero-order valence-corrected chi connectivity index (χ0v) is 12.0. The highest BCUT2D eigenvalue weighted by atomic mass is 16.6. The summed E-state index contributed by atoms with van der Waals surface area (Å²) in [5.41, 5.74) is 1.23. The van der Waals surface area contributed by atoms with Crippen molar-refractivity contribution in [3.63, 3.8) is 0 Å². The summed E-state index contributed by atoms with van der Waals surface area (Å²) < 4.78 is 0. The molecule has 1 amide bonds. The first-order valence-corrected chi connectivity index (χ1v) is 7.16. The van der Waals surface area contributed by atoms with Crippen molar-refractivity contribution in [3.8, 4) is 0 Å². The molecule has 1 aromatic rings. The summed E-state index contributed by atoms with van der Waals surface area (Å²) >= 11 is 0. The van der Waals surface area contributed by atoms with Crippen LogP contribution in [0.5, 0.6) is 0 Å². The molecule has 2 N–H and O–H groups in total. The van der Waals surface area contributed by atoms with Crippen molar-refractivity contribution >= 4 is 11.6 Å². The zero-order chi connectivity index (χ0) is 15.4. The van der Waals surface area contributed by atoms with Crippen LogP contribution in [0.25, 0.3) is 0 Å². The second-order valence-corrected chi connectivity index (χ2v) is 5.52. The number of nitrogens with zero attached hydrogens (tertiary/aromatic N) is 1. The number of rotatable bonds is 7. The largest absolute Gasteiger partial charge is 0.396 e. The van der Waals surface area contributed by atoms with Gasteiger partial charge in [-0.05, 0) is 37.7 Å². The molecule has 1 fully saturated rings. The average molecular weight is 292 g/mol. The molecule has 1 unspecified atom stereocenters. The Hall–Kier alpha value is -1.95. The van der Waals surface area contributed by atoms with Gasteiger partial charge in [0.25, 0.3) is 5.69 Å². The standard InChI is InChI=1S/C15H20N2O4/c1-10-12(3-2-4-14(10)17(20)21)9-15(19)16-13(7-8-18)11-5-6-11/h2-4,11,13,18H,5-9H2,1H3,(H,16,19). The number of carbonyl (C=O) groups excluding carboxylic acids is 1. The monoisotopic (exact) mass is 292 g/mol. The Kier molecular flexibility index (Phi) is 4.90. The Bertz CT molecular complexity index is 540. The lowest BCUT2D eigenvalue weighted by Crippen LogP contribution is -2.38. The topological polar surface area (TPSA) is 92.5 Å². The summed E-state index contributed by atoms with van der Waals surface area (Å²) in [6, 6.07) is 4.79. The van der Waals surface area contributed by atoms with Gasteiger partial charge in [0.05, 0.1) is 11.3 Å². The predicted octanol–water partition coefficient (Wildman–Crippen LogP) is 1.72. The normalized spacial score (nSPS) is 15.5. The molecule has 0 aliphatic heterocycles. The van der Waals surface area contributed by atoms with E-state index < -0.39 is 4.92 Å². The SMILES string of the molecule is Cc1c(CC(=O)NC(CCO)C2CC2)cccc1[N+](=O)[O-]. The molecule has 1 aliphatic carbocycles. The van der Waals surface area contributed by atoms with Crippen molar-refractivity contribution in [2.75, 3.05) is 6.61 Å². The molecule has 1 atom stereocenters. The number of nitrogens with one attached hydrogen (secondary N) is 1. The number of amides is 1. The molecule has 0 radical (unpaired) electrons. The van der Waals surface area contributed by atoms with Crippen LogP contribution in [0.2, 0.25) is 0 Å². The lowest BCUT2D eigenvalue weighted by molar-refractivity contribution is -0.385. The van der Waals surface area contributed by atoms with E-state index >= 15 is 0 Å². The van der Waals surface area contributed by atoms with Crippen LogP contribution in [0.4, 0.5) is 5.69 Å². The van der Waals surface area contributed by atoms with Gasteiger partial charge in [-0.15, -0.1) is 0 Å². The maximum atomic E-state index is 12.1. The zero-order valence-electron chi connectivity index (χ0n) is 12.0. The number of nitro groups is 1. The average Bonchev–Trinajstić information content (AvgIpc) is 3.24. The van der Waals surface area contributed by atoms with E-state index in [0.29, 0.717) is 23.5 Å². The van der Waals surface area contributed by atoms with E-state index in [0.717, 1.165) is 12.8 Å². The van der Waals surface area contributed by atoms with Gasteiger partial charge in [0.15, 0.2) is 0 Å². The first-order chi connectivity index (χ1) is 10.0. The Labute approximate surface area is 123 Å². The summed E-state index contributed by atoms with van der Waals surface area (Å²) in [6.07, 6.45) is 2.86. The van der Waals surface area contributed by atoms with Crippen molar-refractivity contribution in [1.82, 2.24) is 5.32 Å². The van der Waals surface area contributed by atoms with E-state index in [2.05, 4.69) is 5.32 Å². The molecular weight excluding hydrogens is 272 g/mol. The van der Waals surface area contributed by atoms with Gasteiger partial charge in [0, 0.05) is 24.3 Å². The van der Waals surface area contributed by atoms with Crippen LogP contribution < -0.4 is 5.32 Å². The number of aliphatic hydroxyl groups excluding tert-OH is 1. The summed E-state index contributed by atoms with van der Waals surface area (Å²) in [7, 11) is 0. The van der Waals surface area contributed by atoms with E-state index in [9.17, 15) is 14.9 Å². The fourth-order valence-electron chi connectivity index (χ4n) is 2.55. The van der Waals surface area contributed by atoms with E-state index in [-0.39, 0.29) is 30.7 Å². The van der Waals surface area contributed by atoms with Crippen molar-refractivity contribution in [1.29, 1.82) is 0 Å². The van der Waals surface area contributed by atoms with Crippen molar-refractivity contribution in [3.05, 3.63) is 39.4 Å². The molecule has 114 valence electrons. The number of nitro benzene ring substituents is 1. The van der Waals surface area contributed by atoms with Crippen molar-refractivity contribution < 1.29 is 14.8 Å². The number of hydrogen-bond donors (Lipinski definition) is 2. The predicted molar refractivity (Wildman–Crippen MR) is 77.9 cm³/mol. The van der Waals surface area contributed by atoms with Gasteiger partial charge < -0.3 is 10.4 Å². The molecule has 0 spiro atoms. The molecule has 0 aromatic heterocycles.